The zero-order valence-electron chi connectivity index (χ0n) is 9.67. The van der Waals surface area contributed by atoms with Crippen LogP contribution in [0.25, 0.3) is 11.0 Å². The number of carboxylic acid groups (broad SMARTS) is 1. The van der Waals surface area contributed by atoms with Gasteiger partial charge in [-0.2, -0.15) is 0 Å². The lowest BCUT2D eigenvalue weighted by molar-refractivity contribution is 0.0696. The molecule has 0 radical (unpaired) electrons. The van der Waals surface area contributed by atoms with Gasteiger partial charge in [-0.05, 0) is 31.0 Å². The number of nitrogens with zero attached hydrogens (tertiary/aromatic N) is 2. The molecule has 1 aromatic heterocycles. The summed E-state index contributed by atoms with van der Waals surface area (Å²) in [5.41, 5.74) is 1.41. The van der Waals surface area contributed by atoms with Gasteiger partial charge in [-0.1, -0.05) is 6.42 Å². The Balaban J connectivity index is 2.04. The number of fused-ring (bicyclic) bond motifs is 1. The average Bonchev–Trinajstić information content (AvgIpc) is 2.68. The second-order valence-electron chi connectivity index (χ2n) is 4.59. The number of aromatic nitrogens is 2. The van der Waals surface area contributed by atoms with Crippen molar-refractivity contribution in [1.29, 1.82) is 0 Å². The number of aromatic carboxylic acids is 1. The number of carboxylic acids is 1. The molecule has 3 rings (SSSR count). The topological polar surface area (TPSA) is 72.2 Å². The van der Waals surface area contributed by atoms with E-state index in [1.165, 1.54) is 23.0 Å². The van der Waals surface area contributed by atoms with E-state index in [2.05, 4.69) is 4.98 Å². The standard InChI is InChI=1S/C13H12N2O3/c16-12(8-2-1-3-8)15-7-14-10-6-9(13(17)18)4-5-11(10)15/h4-8H,1-3H2,(H,17,18). The number of carbonyl (C=O) groups is 2. The van der Waals surface area contributed by atoms with E-state index in [-0.39, 0.29) is 17.4 Å². The summed E-state index contributed by atoms with van der Waals surface area (Å²) in [6.07, 6.45) is 4.46. The molecule has 1 aliphatic carbocycles. The van der Waals surface area contributed by atoms with Gasteiger partial charge in [-0.3, -0.25) is 9.36 Å². The summed E-state index contributed by atoms with van der Waals surface area (Å²) < 4.78 is 1.53. The Labute approximate surface area is 103 Å². The molecular formula is C13H12N2O3. The van der Waals surface area contributed by atoms with Crippen molar-refractivity contribution in [2.24, 2.45) is 5.92 Å². The summed E-state index contributed by atoms with van der Waals surface area (Å²) in [6.45, 7) is 0. The van der Waals surface area contributed by atoms with Crippen LogP contribution in [0.1, 0.15) is 34.4 Å². The molecule has 0 amide bonds. The lowest BCUT2D eigenvalue weighted by Crippen LogP contribution is -2.26. The van der Waals surface area contributed by atoms with Crippen LogP contribution in [-0.4, -0.2) is 26.5 Å². The molecule has 5 heteroatoms. The average molecular weight is 244 g/mol. The zero-order valence-corrected chi connectivity index (χ0v) is 9.67. The van der Waals surface area contributed by atoms with Crippen LogP contribution >= 0.6 is 0 Å². The van der Waals surface area contributed by atoms with Gasteiger partial charge in [-0.25, -0.2) is 9.78 Å². The maximum atomic E-state index is 12.1. The van der Waals surface area contributed by atoms with E-state index < -0.39 is 5.97 Å². The number of benzene rings is 1. The Kier molecular flexibility index (Phi) is 2.40. The Bertz CT molecular complexity index is 641. The molecule has 0 unspecified atom stereocenters. The highest BCUT2D eigenvalue weighted by Gasteiger charge is 2.27. The van der Waals surface area contributed by atoms with E-state index in [9.17, 15) is 9.59 Å². The molecule has 1 fully saturated rings. The SMILES string of the molecule is O=C(O)c1ccc2c(c1)ncn2C(=O)C1CCC1. The predicted octanol–water partition coefficient (Wildman–Crippen LogP) is 2.17. The van der Waals surface area contributed by atoms with Gasteiger partial charge in [0.25, 0.3) is 0 Å². The first-order chi connectivity index (χ1) is 8.66. The minimum atomic E-state index is -0.989. The van der Waals surface area contributed by atoms with E-state index >= 15 is 0 Å². The van der Waals surface area contributed by atoms with Gasteiger partial charge in [0.2, 0.25) is 5.91 Å². The number of carbonyl (C=O) groups excluding carboxylic acids is 1. The first-order valence-electron chi connectivity index (χ1n) is 5.91. The fourth-order valence-electron chi connectivity index (χ4n) is 2.17. The van der Waals surface area contributed by atoms with Gasteiger partial charge in [0.1, 0.15) is 6.33 Å². The first kappa shape index (κ1) is 11.0. The zero-order chi connectivity index (χ0) is 12.7. The van der Waals surface area contributed by atoms with Crippen molar-refractivity contribution >= 4 is 22.9 Å². The Morgan fingerprint density at radius 2 is 2.11 bits per heavy atom. The third-order valence-corrected chi connectivity index (χ3v) is 3.49. The number of hydrogen-bond acceptors (Lipinski definition) is 3. The molecule has 0 atom stereocenters. The van der Waals surface area contributed by atoms with Crippen LogP contribution in [0.4, 0.5) is 0 Å². The normalized spacial score (nSPS) is 15.6. The largest absolute Gasteiger partial charge is 0.478 e. The van der Waals surface area contributed by atoms with Crippen molar-refractivity contribution < 1.29 is 14.7 Å². The quantitative estimate of drug-likeness (QED) is 0.878. The summed E-state index contributed by atoms with van der Waals surface area (Å²) in [6, 6.07) is 4.63. The highest BCUT2D eigenvalue weighted by molar-refractivity contribution is 5.96. The molecule has 2 aromatic rings. The van der Waals surface area contributed by atoms with Crippen molar-refractivity contribution in [3.8, 4) is 0 Å². The fraction of sp³-hybridized carbons (Fsp3) is 0.308. The van der Waals surface area contributed by atoms with Crippen LogP contribution in [-0.2, 0) is 0 Å². The van der Waals surface area contributed by atoms with Crippen LogP contribution in [0.5, 0.6) is 0 Å². The van der Waals surface area contributed by atoms with Gasteiger partial charge in [0.15, 0.2) is 0 Å². The van der Waals surface area contributed by atoms with Gasteiger partial charge in [0.05, 0.1) is 16.6 Å². The number of hydrogen-bond donors (Lipinski definition) is 1. The monoisotopic (exact) mass is 244 g/mol. The second kappa shape index (κ2) is 3.94. The van der Waals surface area contributed by atoms with Crippen LogP contribution < -0.4 is 0 Å². The summed E-state index contributed by atoms with van der Waals surface area (Å²) in [4.78, 5) is 27.1. The predicted molar refractivity (Wildman–Crippen MR) is 64.7 cm³/mol. The summed E-state index contributed by atoms with van der Waals surface area (Å²) >= 11 is 0. The second-order valence-corrected chi connectivity index (χ2v) is 4.59. The third-order valence-electron chi connectivity index (χ3n) is 3.49. The Hall–Kier alpha value is -2.17. The lowest BCUT2D eigenvalue weighted by Gasteiger charge is -2.23. The molecular weight excluding hydrogens is 232 g/mol. The molecule has 92 valence electrons. The molecule has 0 aliphatic heterocycles. The molecule has 0 spiro atoms. The number of imidazole rings is 1. The van der Waals surface area contributed by atoms with Gasteiger partial charge in [-0.15, -0.1) is 0 Å². The van der Waals surface area contributed by atoms with Crippen LogP contribution in [0.2, 0.25) is 0 Å². The molecule has 1 heterocycles. The highest BCUT2D eigenvalue weighted by atomic mass is 16.4. The van der Waals surface area contributed by atoms with E-state index in [1.54, 1.807) is 6.07 Å². The minimum absolute atomic E-state index is 0.0619. The summed E-state index contributed by atoms with van der Waals surface area (Å²) in [5.74, 6) is -0.829. The Morgan fingerprint density at radius 3 is 2.72 bits per heavy atom. The van der Waals surface area contributed by atoms with E-state index in [0.29, 0.717) is 11.0 Å². The summed E-state index contributed by atoms with van der Waals surface area (Å²) in [5, 5.41) is 8.89. The van der Waals surface area contributed by atoms with Crippen LogP contribution in [0, 0.1) is 5.92 Å². The highest BCUT2D eigenvalue weighted by Crippen LogP contribution is 2.29. The lowest BCUT2D eigenvalue weighted by atomic mass is 9.85. The van der Waals surface area contributed by atoms with E-state index in [1.807, 2.05) is 0 Å². The van der Waals surface area contributed by atoms with Crippen molar-refractivity contribution in [3.63, 3.8) is 0 Å². The molecule has 1 aromatic carbocycles. The minimum Gasteiger partial charge on any atom is -0.478 e. The maximum absolute atomic E-state index is 12.1. The van der Waals surface area contributed by atoms with Crippen molar-refractivity contribution in [1.82, 2.24) is 9.55 Å². The number of rotatable bonds is 2. The van der Waals surface area contributed by atoms with Crippen molar-refractivity contribution in [3.05, 3.63) is 30.1 Å². The molecule has 1 aliphatic rings. The van der Waals surface area contributed by atoms with E-state index in [4.69, 9.17) is 5.11 Å². The van der Waals surface area contributed by atoms with Crippen LogP contribution in [0.15, 0.2) is 24.5 Å². The molecule has 18 heavy (non-hydrogen) atoms. The van der Waals surface area contributed by atoms with Crippen molar-refractivity contribution in [2.75, 3.05) is 0 Å². The van der Waals surface area contributed by atoms with Gasteiger partial charge in [0, 0.05) is 5.92 Å². The molecule has 0 bridgehead atoms. The molecule has 0 saturated heterocycles. The molecule has 1 saturated carbocycles. The van der Waals surface area contributed by atoms with Crippen molar-refractivity contribution in [2.45, 2.75) is 19.3 Å². The van der Waals surface area contributed by atoms with Gasteiger partial charge >= 0.3 is 5.97 Å². The molecule has 1 N–H and O–H groups in total. The van der Waals surface area contributed by atoms with E-state index in [0.717, 1.165) is 19.3 Å². The third kappa shape index (κ3) is 1.59. The fourth-order valence-corrected chi connectivity index (χ4v) is 2.17. The maximum Gasteiger partial charge on any atom is 0.335 e. The smallest absolute Gasteiger partial charge is 0.335 e. The van der Waals surface area contributed by atoms with Gasteiger partial charge < -0.3 is 5.11 Å². The summed E-state index contributed by atoms with van der Waals surface area (Å²) in [7, 11) is 0. The van der Waals surface area contributed by atoms with Crippen LogP contribution in [0.3, 0.4) is 0 Å². The first-order valence-corrected chi connectivity index (χ1v) is 5.91. The molecule has 5 nitrogen and oxygen atoms in total. The Morgan fingerprint density at radius 1 is 1.33 bits per heavy atom.